The molecule has 0 aliphatic carbocycles. The average molecular weight is 567 g/mol. The molecule has 1 heterocycles. The predicted molar refractivity (Wildman–Crippen MR) is 117 cm³/mol. The zero-order valence-electron chi connectivity index (χ0n) is 17.6. The molecule has 0 aliphatic heterocycles. The van der Waals surface area contributed by atoms with Crippen molar-refractivity contribution in [1.29, 1.82) is 0 Å². The van der Waals surface area contributed by atoms with E-state index in [2.05, 4.69) is 81.2 Å². The van der Waals surface area contributed by atoms with E-state index < -0.39 is 0 Å². The van der Waals surface area contributed by atoms with Crippen LogP contribution in [-0.2, 0) is 30.3 Å². The van der Waals surface area contributed by atoms with Crippen LogP contribution in [0.2, 0.25) is 0 Å². The molecule has 3 nitrogen and oxygen atoms in total. The molecule has 1 aromatic heterocycles. The van der Waals surface area contributed by atoms with Gasteiger partial charge in [0.1, 0.15) is 0 Å². The number of nitrogens with zero attached hydrogens (tertiary/aromatic N) is 1. The number of pyridine rings is 1. The number of rotatable bonds is 2. The quantitative estimate of drug-likeness (QED) is 0.221. The van der Waals surface area contributed by atoms with Crippen LogP contribution in [0.1, 0.15) is 45.7 Å². The molecular formula is C25H28IrNO2-. The van der Waals surface area contributed by atoms with Gasteiger partial charge in [-0.25, -0.2) is 0 Å². The second-order valence-electron chi connectivity index (χ2n) is 7.90. The molecular weight excluding hydrogens is 538 g/mol. The Hall–Kier alpha value is -2.42. The third-order valence-electron chi connectivity index (χ3n) is 4.32. The SMILES string of the molecule is CC(=O)/C=C(/C)O.[CH2-]c1ccc(C(C)(C)C)cc1-c1nccc2ccccc12.[Ir]. The third-order valence-corrected chi connectivity index (χ3v) is 4.32. The van der Waals surface area contributed by atoms with Gasteiger partial charge in [0.2, 0.25) is 0 Å². The van der Waals surface area contributed by atoms with Gasteiger partial charge in [-0.1, -0.05) is 50.6 Å². The molecule has 0 aliphatic rings. The van der Waals surface area contributed by atoms with Gasteiger partial charge in [0, 0.05) is 38.1 Å². The van der Waals surface area contributed by atoms with E-state index in [-0.39, 0.29) is 37.1 Å². The summed E-state index contributed by atoms with van der Waals surface area (Å²) in [5.41, 5.74) is 4.59. The normalized spacial score (nSPS) is 11.3. The van der Waals surface area contributed by atoms with Crippen molar-refractivity contribution in [3.05, 3.63) is 84.6 Å². The maximum absolute atomic E-state index is 10.0. The number of benzene rings is 2. The summed E-state index contributed by atoms with van der Waals surface area (Å²) in [6.07, 6.45) is 3.04. The van der Waals surface area contributed by atoms with Crippen molar-refractivity contribution in [3.63, 3.8) is 0 Å². The molecule has 0 unspecified atom stereocenters. The van der Waals surface area contributed by atoms with Gasteiger partial charge in [0.15, 0.2) is 5.78 Å². The molecule has 3 rings (SSSR count). The molecule has 0 atom stereocenters. The van der Waals surface area contributed by atoms with Gasteiger partial charge in [-0.15, -0.1) is 17.7 Å². The molecule has 0 bridgehead atoms. The van der Waals surface area contributed by atoms with Crippen molar-refractivity contribution < 1.29 is 30.0 Å². The number of allylic oxidation sites excluding steroid dienone is 2. The number of aromatic nitrogens is 1. The molecule has 0 saturated heterocycles. The van der Waals surface area contributed by atoms with Crippen LogP contribution in [0.15, 0.2) is 66.6 Å². The number of aliphatic hydroxyl groups excluding tert-OH is 1. The standard InChI is InChI=1S/C20H20N.C5H8O2.Ir/c1-14-9-10-16(20(2,3)4)13-18(14)19-17-8-6-5-7-15(17)11-12-21-19;1-4(6)3-5(2)7;/h5-13H,1H2,2-4H3;3,6H,1-2H3;/q-1;;/b;4-3-;. The van der Waals surface area contributed by atoms with Crippen molar-refractivity contribution >= 4 is 16.6 Å². The molecule has 0 saturated carbocycles. The average Bonchev–Trinajstić information content (AvgIpc) is 2.60. The van der Waals surface area contributed by atoms with Crippen LogP contribution in [0, 0.1) is 6.92 Å². The Morgan fingerprint density at radius 3 is 2.28 bits per heavy atom. The van der Waals surface area contributed by atoms with E-state index >= 15 is 0 Å². The van der Waals surface area contributed by atoms with Crippen LogP contribution in [0.3, 0.4) is 0 Å². The summed E-state index contributed by atoms with van der Waals surface area (Å²) in [7, 11) is 0. The van der Waals surface area contributed by atoms with Crippen LogP contribution in [0.25, 0.3) is 22.0 Å². The number of hydrogen-bond donors (Lipinski definition) is 1. The van der Waals surface area contributed by atoms with Crippen LogP contribution in [0.5, 0.6) is 0 Å². The van der Waals surface area contributed by atoms with E-state index in [0.29, 0.717) is 0 Å². The van der Waals surface area contributed by atoms with E-state index in [1.54, 1.807) is 0 Å². The molecule has 3 aromatic rings. The molecule has 29 heavy (non-hydrogen) atoms. The molecule has 1 radical (unpaired) electrons. The van der Waals surface area contributed by atoms with E-state index in [1.165, 1.54) is 36.3 Å². The monoisotopic (exact) mass is 567 g/mol. The van der Waals surface area contributed by atoms with E-state index in [1.807, 2.05) is 6.20 Å². The number of fused-ring (bicyclic) bond motifs is 1. The zero-order valence-corrected chi connectivity index (χ0v) is 20.0. The fraction of sp³-hybridized carbons (Fsp3) is 0.240. The number of carbonyl (C=O) groups excluding carboxylic acids is 1. The van der Waals surface area contributed by atoms with E-state index in [9.17, 15) is 4.79 Å². The van der Waals surface area contributed by atoms with Crippen molar-refractivity contribution in [3.8, 4) is 11.3 Å². The molecule has 0 amide bonds. The third kappa shape index (κ3) is 6.85. The summed E-state index contributed by atoms with van der Waals surface area (Å²) in [5.74, 6) is -0.0625. The van der Waals surface area contributed by atoms with Crippen molar-refractivity contribution in [1.82, 2.24) is 4.98 Å². The first kappa shape index (κ1) is 24.6. The van der Waals surface area contributed by atoms with Crippen LogP contribution >= 0.6 is 0 Å². The van der Waals surface area contributed by atoms with E-state index in [0.717, 1.165) is 16.8 Å². The van der Waals surface area contributed by atoms with Gasteiger partial charge < -0.3 is 5.11 Å². The van der Waals surface area contributed by atoms with Gasteiger partial charge in [-0.2, -0.15) is 18.6 Å². The molecule has 4 heteroatoms. The maximum Gasteiger partial charge on any atom is 0.155 e. The number of aliphatic hydroxyl groups is 1. The molecule has 0 fully saturated rings. The molecule has 2 aromatic carbocycles. The number of hydrogen-bond acceptors (Lipinski definition) is 3. The summed E-state index contributed by atoms with van der Waals surface area (Å²) < 4.78 is 0. The van der Waals surface area contributed by atoms with E-state index in [4.69, 9.17) is 5.11 Å². The van der Waals surface area contributed by atoms with Crippen molar-refractivity contribution in [2.45, 2.75) is 40.0 Å². The largest absolute Gasteiger partial charge is 0.512 e. The Morgan fingerprint density at radius 2 is 1.72 bits per heavy atom. The summed E-state index contributed by atoms with van der Waals surface area (Å²) in [6, 6.07) is 16.9. The topological polar surface area (TPSA) is 50.2 Å². The second kappa shape index (κ2) is 10.4. The van der Waals surface area contributed by atoms with Crippen molar-refractivity contribution in [2.24, 2.45) is 0 Å². The van der Waals surface area contributed by atoms with Gasteiger partial charge in [0.25, 0.3) is 0 Å². The predicted octanol–water partition coefficient (Wildman–Crippen LogP) is 6.42. The van der Waals surface area contributed by atoms with Crippen molar-refractivity contribution in [2.75, 3.05) is 0 Å². The van der Waals surface area contributed by atoms with Crippen LogP contribution < -0.4 is 0 Å². The van der Waals surface area contributed by atoms with Gasteiger partial charge in [-0.05, 0) is 36.1 Å². The second-order valence-corrected chi connectivity index (χ2v) is 7.90. The summed E-state index contributed by atoms with van der Waals surface area (Å²) in [6.45, 7) is 13.7. The summed E-state index contributed by atoms with van der Waals surface area (Å²) in [5, 5.41) is 10.8. The number of carbonyl (C=O) groups is 1. The minimum atomic E-state index is -0.125. The Morgan fingerprint density at radius 1 is 1.07 bits per heavy atom. The van der Waals surface area contributed by atoms with Crippen LogP contribution in [-0.4, -0.2) is 15.9 Å². The molecule has 0 spiro atoms. The fourth-order valence-corrected chi connectivity index (χ4v) is 2.89. The summed E-state index contributed by atoms with van der Waals surface area (Å²) in [4.78, 5) is 14.6. The minimum Gasteiger partial charge on any atom is -0.512 e. The Kier molecular flexibility index (Phi) is 8.81. The number of ketones is 1. The van der Waals surface area contributed by atoms with Crippen LogP contribution in [0.4, 0.5) is 0 Å². The van der Waals surface area contributed by atoms with Gasteiger partial charge >= 0.3 is 0 Å². The Balaban J connectivity index is 0.000000456. The Bertz CT molecular complexity index is 1010. The van der Waals surface area contributed by atoms with Gasteiger partial charge in [-0.3, -0.25) is 9.78 Å². The molecule has 1 N–H and O–H groups in total. The minimum absolute atomic E-state index is 0. The first-order chi connectivity index (χ1) is 13.1. The summed E-state index contributed by atoms with van der Waals surface area (Å²) >= 11 is 0. The maximum atomic E-state index is 10.0. The fourth-order valence-electron chi connectivity index (χ4n) is 2.89. The van der Waals surface area contributed by atoms with Gasteiger partial charge in [0.05, 0.1) is 5.76 Å². The smallest absolute Gasteiger partial charge is 0.155 e. The zero-order chi connectivity index (χ0) is 20.9. The molecule has 155 valence electrons. The Labute approximate surface area is 187 Å². The first-order valence-electron chi connectivity index (χ1n) is 9.28. The first-order valence-corrected chi connectivity index (χ1v) is 9.28.